The number of nitrogens with one attached hydrogen (secondary N) is 2. The maximum absolute atomic E-state index is 13.3. The van der Waals surface area contributed by atoms with E-state index in [2.05, 4.69) is 10.6 Å². The minimum atomic E-state index is -0.394. The monoisotopic (exact) mass is 536 g/mol. The lowest BCUT2D eigenvalue weighted by molar-refractivity contribution is -0.116. The summed E-state index contributed by atoms with van der Waals surface area (Å²) in [7, 11) is 1.38. The van der Waals surface area contributed by atoms with Gasteiger partial charge in [0.05, 0.1) is 24.3 Å². The van der Waals surface area contributed by atoms with Crippen LogP contribution in [0.1, 0.15) is 59.0 Å². The lowest BCUT2D eigenvalue weighted by atomic mass is 10.1. The molecule has 1 aliphatic carbocycles. The fourth-order valence-corrected chi connectivity index (χ4v) is 6.75. The second kappa shape index (κ2) is 12.9. The average molecular weight is 537 g/mol. The fraction of sp³-hybridized carbons (Fsp3) is 0.345. The Labute approximate surface area is 226 Å². The van der Waals surface area contributed by atoms with E-state index in [9.17, 15) is 14.4 Å². The molecule has 0 radical (unpaired) electrons. The standard InChI is InChI=1S/C29H32N2O4S2/c1-3-23(27(33)31-28-26(29(34)35-2)22-15-8-5-9-16-24(22)37-28)36-21-14-10-13-20(18-21)30-25(32)17-19-11-6-4-7-12-19/h4,6-7,10-14,18,23H,3,5,8-9,15-17H2,1-2H3,(H,30,32)(H,31,33). The van der Waals surface area contributed by atoms with Crippen LogP contribution < -0.4 is 10.6 Å². The van der Waals surface area contributed by atoms with Gasteiger partial charge in [0.25, 0.3) is 0 Å². The minimum Gasteiger partial charge on any atom is -0.465 e. The highest BCUT2D eigenvalue weighted by Crippen LogP contribution is 2.38. The Hall–Kier alpha value is -3.10. The predicted molar refractivity (Wildman–Crippen MR) is 151 cm³/mol. The van der Waals surface area contributed by atoms with E-state index >= 15 is 0 Å². The molecule has 37 heavy (non-hydrogen) atoms. The van der Waals surface area contributed by atoms with E-state index in [1.54, 1.807) is 0 Å². The van der Waals surface area contributed by atoms with Crippen molar-refractivity contribution < 1.29 is 19.1 Å². The molecule has 8 heteroatoms. The number of thiophene rings is 1. The van der Waals surface area contributed by atoms with E-state index < -0.39 is 5.97 Å². The Morgan fingerprint density at radius 2 is 1.78 bits per heavy atom. The van der Waals surface area contributed by atoms with Crippen LogP contribution in [-0.4, -0.2) is 30.1 Å². The summed E-state index contributed by atoms with van der Waals surface area (Å²) in [6.45, 7) is 1.97. The van der Waals surface area contributed by atoms with Gasteiger partial charge in [0.2, 0.25) is 11.8 Å². The van der Waals surface area contributed by atoms with Gasteiger partial charge in [0.1, 0.15) is 5.00 Å². The van der Waals surface area contributed by atoms with Crippen molar-refractivity contribution in [1.29, 1.82) is 0 Å². The van der Waals surface area contributed by atoms with E-state index in [0.29, 0.717) is 29.1 Å². The van der Waals surface area contributed by atoms with Crippen LogP contribution in [0.5, 0.6) is 0 Å². The maximum atomic E-state index is 13.3. The summed E-state index contributed by atoms with van der Waals surface area (Å²) in [5.41, 5.74) is 3.19. The minimum absolute atomic E-state index is 0.0917. The molecule has 0 saturated carbocycles. The molecule has 0 bridgehead atoms. The van der Waals surface area contributed by atoms with Crippen molar-refractivity contribution in [2.24, 2.45) is 0 Å². The number of aryl methyl sites for hydroxylation is 1. The second-order valence-electron chi connectivity index (χ2n) is 9.00. The summed E-state index contributed by atoms with van der Waals surface area (Å²) < 4.78 is 5.07. The van der Waals surface area contributed by atoms with Crippen molar-refractivity contribution in [1.82, 2.24) is 0 Å². The molecule has 2 N–H and O–H groups in total. The first-order chi connectivity index (χ1) is 18.0. The molecule has 0 aliphatic heterocycles. The highest BCUT2D eigenvalue weighted by molar-refractivity contribution is 8.00. The number of fused-ring (bicyclic) bond motifs is 1. The molecule has 194 valence electrons. The molecule has 1 heterocycles. The van der Waals surface area contributed by atoms with Gasteiger partial charge in [0, 0.05) is 15.5 Å². The van der Waals surface area contributed by atoms with Gasteiger partial charge in [0.15, 0.2) is 0 Å². The van der Waals surface area contributed by atoms with E-state index in [4.69, 9.17) is 4.74 Å². The van der Waals surface area contributed by atoms with Gasteiger partial charge in [-0.15, -0.1) is 23.1 Å². The number of rotatable bonds is 9. The zero-order valence-electron chi connectivity index (χ0n) is 21.2. The molecular weight excluding hydrogens is 504 g/mol. The van der Waals surface area contributed by atoms with Gasteiger partial charge >= 0.3 is 5.97 Å². The van der Waals surface area contributed by atoms with Gasteiger partial charge in [-0.05, 0) is 61.4 Å². The third-order valence-electron chi connectivity index (χ3n) is 6.31. The maximum Gasteiger partial charge on any atom is 0.341 e. The van der Waals surface area contributed by atoms with E-state index in [0.717, 1.165) is 48.1 Å². The number of thioether (sulfide) groups is 1. The summed E-state index contributed by atoms with van der Waals surface area (Å²) in [6.07, 6.45) is 5.94. The van der Waals surface area contributed by atoms with Crippen molar-refractivity contribution in [3.63, 3.8) is 0 Å². The first-order valence-corrected chi connectivity index (χ1v) is 14.3. The summed E-state index contributed by atoms with van der Waals surface area (Å²) >= 11 is 2.95. The fourth-order valence-electron chi connectivity index (χ4n) is 4.46. The third-order valence-corrected chi connectivity index (χ3v) is 8.88. The third kappa shape index (κ3) is 7.02. The zero-order chi connectivity index (χ0) is 26.2. The number of carbonyl (C=O) groups excluding carboxylic acids is 3. The summed E-state index contributed by atoms with van der Waals surface area (Å²) in [5.74, 6) is -0.632. The van der Waals surface area contributed by atoms with Crippen LogP contribution in [0.25, 0.3) is 0 Å². The first-order valence-electron chi connectivity index (χ1n) is 12.6. The SMILES string of the molecule is CCC(Sc1cccc(NC(=O)Cc2ccccc2)c1)C(=O)Nc1sc2c(c1C(=O)OC)CCCCC2. The number of benzene rings is 2. The van der Waals surface area contributed by atoms with Crippen LogP contribution in [0.15, 0.2) is 59.5 Å². The van der Waals surface area contributed by atoms with Crippen LogP contribution in [0.4, 0.5) is 10.7 Å². The molecule has 0 fully saturated rings. The van der Waals surface area contributed by atoms with Crippen molar-refractivity contribution in [3.05, 3.63) is 76.2 Å². The average Bonchev–Trinajstić information content (AvgIpc) is 3.07. The van der Waals surface area contributed by atoms with Crippen LogP contribution in [0.3, 0.4) is 0 Å². The Morgan fingerprint density at radius 3 is 2.54 bits per heavy atom. The Balaban J connectivity index is 1.44. The number of carbonyl (C=O) groups is 3. The van der Waals surface area contributed by atoms with E-state index in [1.807, 2.05) is 61.5 Å². The second-order valence-corrected chi connectivity index (χ2v) is 11.4. The molecule has 1 aromatic heterocycles. The topological polar surface area (TPSA) is 84.5 Å². The van der Waals surface area contributed by atoms with E-state index in [1.165, 1.54) is 35.1 Å². The molecule has 2 amide bonds. The zero-order valence-corrected chi connectivity index (χ0v) is 22.8. The van der Waals surface area contributed by atoms with Crippen molar-refractivity contribution in [2.75, 3.05) is 17.7 Å². The quantitative estimate of drug-likeness (QED) is 0.185. The summed E-state index contributed by atoms with van der Waals surface area (Å²) in [6, 6.07) is 17.1. The summed E-state index contributed by atoms with van der Waals surface area (Å²) in [5, 5.41) is 6.21. The van der Waals surface area contributed by atoms with Crippen LogP contribution in [0.2, 0.25) is 0 Å². The van der Waals surface area contributed by atoms with Gasteiger partial charge in [-0.1, -0.05) is 49.7 Å². The number of methoxy groups -OCH3 is 1. The molecule has 3 aromatic rings. The molecule has 4 rings (SSSR count). The lowest BCUT2D eigenvalue weighted by Gasteiger charge is -2.16. The lowest BCUT2D eigenvalue weighted by Crippen LogP contribution is -2.25. The Kier molecular flexibility index (Phi) is 9.41. The molecule has 1 aliphatic rings. The number of anilines is 2. The Bertz CT molecular complexity index is 1260. The molecule has 6 nitrogen and oxygen atoms in total. The van der Waals surface area contributed by atoms with Gasteiger partial charge in [-0.3, -0.25) is 9.59 Å². The number of amides is 2. The molecule has 1 unspecified atom stereocenters. The normalized spacial score (nSPS) is 13.7. The highest BCUT2D eigenvalue weighted by Gasteiger charge is 2.28. The van der Waals surface area contributed by atoms with Crippen LogP contribution in [-0.2, 0) is 33.6 Å². The van der Waals surface area contributed by atoms with Gasteiger partial charge in [-0.25, -0.2) is 4.79 Å². The molecular formula is C29H32N2O4S2. The van der Waals surface area contributed by atoms with Crippen molar-refractivity contribution in [2.45, 2.75) is 62.0 Å². The smallest absolute Gasteiger partial charge is 0.341 e. The highest BCUT2D eigenvalue weighted by atomic mass is 32.2. The first kappa shape index (κ1) is 26.9. The van der Waals surface area contributed by atoms with Crippen molar-refractivity contribution in [3.8, 4) is 0 Å². The molecule has 1 atom stereocenters. The van der Waals surface area contributed by atoms with Crippen LogP contribution >= 0.6 is 23.1 Å². The number of ether oxygens (including phenoxy) is 1. The van der Waals surface area contributed by atoms with Crippen LogP contribution in [0, 0.1) is 0 Å². The number of hydrogen-bond donors (Lipinski definition) is 2. The van der Waals surface area contributed by atoms with E-state index in [-0.39, 0.29) is 17.1 Å². The largest absolute Gasteiger partial charge is 0.465 e. The summed E-state index contributed by atoms with van der Waals surface area (Å²) in [4.78, 5) is 40.5. The Morgan fingerprint density at radius 1 is 1.00 bits per heavy atom. The van der Waals surface area contributed by atoms with Gasteiger partial charge in [-0.2, -0.15) is 0 Å². The predicted octanol–water partition coefficient (Wildman–Crippen LogP) is 6.49. The molecule has 2 aromatic carbocycles. The number of esters is 1. The molecule has 0 saturated heterocycles. The number of hydrogen-bond acceptors (Lipinski definition) is 6. The van der Waals surface area contributed by atoms with Gasteiger partial charge < -0.3 is 15.4 Å². The molecule has 0 spiro atoms. The van der Waals surface area contributed by atoms with Crippen molar-refractivity contribution >= 4 is 51.6 Å².